The van der Waals surface area contributed by atoms with Crippen LogP contribution in [0, 0.1) is 13.8 Å². The van der Waals surface area contributed by atoms with Crippen LogP contribution < -0.4 is 20.1 Å². The van der Waals surface area contributed by atoms with E-state index in [9.17, 15) is 9.59 Å². The van der Waals surface area contributed by atoms with Crippen LogP contribution in [0.3, 0.4) is 0 Å². The van der Waals surface area contributed by atoms with E-state index in [2.05, 4.69) is 10.6 Å². The van der Waals surface area contributed by atoms with E-state index in [0.717, 1.165) is 22.3 Å². The highest BCUT2D eigenvalue weighted by atomic mass is 16.5. The molecule has 2 amide bonds. The van der Waals surface area contributed by atoms with Gasteiger partial charge in [-0.15, -0.1) is 0 Å². The van der Waals surface area contributed by atoms with Gasteiger partial charge in [-0.25, -0.2) is 0 Å². The van der Waals surface area contributed by atoms with Gasteiger partial charge in [0.25, 0.3) is 0 Å². The van der Waals surface area contributed by atoms with Crippen molar-refractivity contribution in [1.82, 2.24) is 10.6 Å². The Kier molecular flexibility index (Phi) is 7.65. The number of nitrogens with one attached hydrogen (secondary N) is 2. The van der Waals surface area contributed by atoms with E-state index in [-0.39, 0.29) is 30.3 Å². The monoisotopic (exact) mass is 398 g/mol. The van der Waals surface area contributed by atoms with Gasteiger partial charge in [0.05, 0.1) is 32.7 Å². The normalized spacial score (nSPS) is 12.6. The molecule has 2 rings (SSSR count). The molecule has 0 aliphatic rings. The lowest BCUT2D eigenvalue weighted by atomic mass is 9.99. The fourth-order valence-electron chi connectivity index (χ4n) is 3.32. The molecule has 2 N–H and O–H groups in total. The predicted octanol–water partition coefficient (Wildman–Crippen LogP) is 3.77. The summed E-state index contributed by atoms with van der Waals surface area (Å²) in [4.78, 5) is 24.4. The molecular formula is C23H30N2O4. The summed E-state index contributed by atoms with van der Waals surface area (Å²) < 4.78 is 10.7. The Morgan fingerprint density at radius 2 is 1.55 bits per heavy atom. The Balaban J connectivity index is 2.15. The Morgan fingerprint density at radius 1 is 0.966 bits per heavy atom. The summed E-state index contributed by atoms with van der Waals surface area (Å²) in [5.41, 5.74) is 3.96. The van der Waals surface area contributed by atoms with Crippen LogP contribution >= 0.6 is 0 Å². The van der Waals surface area contributed by atoms with Gasteiger partial charge in [0.2, 0.25) is 11.8 Å². The van der Waals surface area contributed by atoms with Crippen LogP contribution in [-0.2, 0) is 9.59 Å². The fraction of sp³-hybridized carbons (Fsp3) is 0.391. The van der Waals surface area contributed by atoms with Gasteiger partial charge in [-0.3, -0.25) is 9.59 Å². The molecule has 0 heterocycles. The number of rotatable bonds is 8. The Bertz CT molecular complexity index is 862. The SMILES string of the molecule is COc1cc(C)c(C(C)NC(=O)CC(NC(C)=O)c2ccc(C)cc2)cc1OC. The smallest absolute Gasteiger partial charge is 0.222 e. The molecule has 29 heavy (non-hydrogen) atoms. The molecule has 0 fully saturated rings. The minimum atomic E-state index is -0.383. The van der Waals surface area contributed by atoms with Crippen LogP contribution in [0.25, 0.3) is 0 Å². The number of benzene rings is 2. The number of ether oxygens (including phenoxy) is 2. The van der Waals surface area contributed by atoms with Crippen molar-refractivity contribution in [2.45, 2.75) is 46.2 Å². The summed E-state index contributed by atoms with van der Waals surface area (Å²) in [5, 5.41) is 5.89. The van der Waals surface area contributed by atoms with Gasteiger partial charge < -0.3 is 20.1 Å². The molecule has 0 aromatic heterocycles. The summed E-state index contributed by atoms with van der Waals surface area (Å²) in [6.07, 6.45) is 0.152. The van der Waals surface area contributed by atoms with E-state index >= 15 is 0 Å². The molecule has 0 radical (unpaired) electrons. The fourth-order valence-corrected chi connectivity index (χ4v) is 3.32. The highest BCUT2D eigenvalue weighted by Gasteiger charge is 2.20. The average molecular weight is 399 g/mol. The number of methoxy groups -OCH3 is 2. The van der Waals surface area contributed by atoms with Crippen molar-refractivity contribution < 1.29 is 19.1 Å². The molecular weight excluding hydrogens is 368 g/mol. The van der Waals surface area contributed by atoms with Gasteiger partial charge in [-0.1, -0.05) is 29.8 Å². The summed E-state index contributed by atoms with van der Waals surface area (Å²) >= 11 is 0. The van der Waals surface area contributed by atoms with Crippen molar-refractivity contribution in [3.63, 3.8) is 0 Å². The van der Waals surface area contributed by atoms with E-state index in [4.69, 9.17) is 9.47 Å². The van der Waals surface area contributed by atoms with Gasteiger partial charge in [0.1, 0.15) is 0 Å². The zero-order chi connectivity index (χ0) is 21.6. The van der Waals surface area contributed by atoms with E-state index in [1.54, 1.807) is 14.2 Å². The number of amides is 2. The third kappa shape index (κ3) is 5.98. The molecule has 2 aromatic carbocycles. The molecule has 0 spiro atoms. The maximum Gasteiger partial charge on any atom is 0.222 e. The molecule has 0 aliphatic heterocycles. The van der Waals surface area contributed by atoms with E-state index in [0.29, 0.717) is 11.5 Å². The van der Waals surface area contributed by atoms with Crippen molar-refractivity contribution in [3.05, 3.63) is 58.7 Å². The lowest BCUT2D eigenvalue weighted by Crippen LogP contribution is -2.34. The van der Waals surface area contributed by atoms with Gasteiger partial charge in [-0.05, 0) is 49.6 Å². The van der Waals surface area contributed by atoms with Crippen LogP contribution in [0.2, 0.25) is 0 Å². The quantitative estimate of drug-likeness (QED) is 0.710. The molecule has 0 saturated carbocycles. The highest BCUT2D eigenvalue weighted by Crippen LogP contribution is 2.33. The first kappa shape index (κ1) is 22.3. The van der Waals surface area contributed by atoms with Crippen molar-refractivity contribution in [3.8, 4) is 11.5 Å². The standard InChI is InChI=1S/C23H30N2O4/c1-14-7-9-18(10-8-14)20(25-17(4)26)13-23(27)24-16(3)19-12-22(29-6)21(28-5)11-15(19)2/h7-12,16,20H,13H2,1-6H3,(H,24,27)(H,25,26). The molecule has 156 valence electrons. The summed E-state index contributed by atoms with van der Waals surface area (Å²) in [5.74, 6) is 0.945. The van der Waals surface area contributed by atoms with Gasteiger partial charge in [-0.2, -0.15) is 0 Å². The molecule has 6 heteroatoms. The first-order valence-corrected chi connectivity index (χ1v) is 9.60. The second kappa shape index (κ2) is 9.96. The average Bonchev–Trinajstić information content (AvgIpc) is 2.67. The minimum Gasteiger partial charge on any atom is -0.493 e. The van der Waals surface area contributed by atoms with Crippen molar-refractivity contribution >= 4 is 11.8 Å². The molecule has 2 unspecified atom stereocenters. The largest absolute Gasteiger partial charge is 0.493 e. The second-order valence-corrected chi connectivity index (χ2v) is 7.22. The third-order valence-corrected chi connectivity index (χ3v) is 4.86. The van der Waals surface area contributed by atoms with Crippen LogP contribution in [0.4, 0.5) is 0 Å². The molecule has 6 nitrogen and oxygen atoms in total. The molecule has 2 atom stereocenters. The van der Waals surface area contributed by atoms with Crippen molar-refractivity contribution in [2.24, 2.45) is 0 Å². The summed E-state index contributed by atoms with van der Waals surface area (Å²) in [6, 6.07) is 11.0. The van der Waals surface area contributed by atoms with Gasteiger partial charge in [0, 0.05) is 6.92 Å². The zero-order valence-electron chi connectivity index (χ0n) is 18.0. The lowest BCUT2D eigenvalue weighted by molar-refractivity contribution is -0.123. The van der Waals surface area contributed by atoms with Crippen LogP contribution in [0.15, 0.2) is 36.4 Å². The maximum absolute atomic E-state index is 12.7. The van der Waals surface area contributed by atoms with Gasteiger partial charge >= 0.3 is 0 Å². The molecule has 0 bridgehead atoms. The first-order valence-electron chi connectivity index (χ1n) is 9.60. The first-order chi connectivity index (χ1) is 13.7. The summed E-state index contributed by atoms with van der Waals surface area (Å²) in [7, 11) is 3.18. The molecule has 0 aliphatic carbocycles. The number of carbonyl (C=O) groups is 2. The third-order valence-electron chi connectivity index (χ3n) is 4.86. The van der Waals surface area contributed by atoms with Crippen molar-refractivity contribution in [1.29, 1.82) is 0 Å². The Labute approximate surface area is 172 Å². The van der Waals surface area contributed by atoms with Gasteiger partial charge in [0.15, 0.2) is 11.5 Å². The Hall–Kier alpha value is -3.02. The minimum absolute atomic E-state index is 0.147. The number of aryl methyl sites for hydroxylation is 2. The van der Waals surface area contributed by atoms with Crippen molar-refractivity contribution in [2.75, 3.05) is 14.2 Å². The second-order valence-electron chi connectivity index (χ2n) is 7.22. The van der Waals surface area contributed by atoms with Crippen LogP contribution in [-0.4, -0.2) is 26.0 Å². The lowest BCUT2D eigenvalue weighted by Gasteiger charge is -2.22. The molecule has 2 aromatic rings. The summed E-state index contributed by atoms with van der Waals surface area (Å²) in [6.45, 7) is 7.34. The predicted molar refractivity (Wildman–Crippen MR) is 113 cm³/mol. The Morgan fingerprint density at radius 3 is 2.10 bits per heavy atom. The van der Waals surface area contributed by atoms with Crippen LogP contribution in [0.1, 0.15) is 54.6 Å². The van der Waals surface area contributed by atoms with E-state index < -0.39 is 0 Å². The zero-order valence-corrected chi connectivity index (χ0v) is 18.0. The number of hydrogen-bond donors (Lipinski definition) is 2. The topological polar surface area (TPSA) is 76.7 Å². The van der Waals surface area contributed by atoms with E-state index in [1.165, 1.54) is 6.92 Å². The molecule has 0 saturated heterocycles. The van der Waals surface area contributed by atoms with Crippen LogP contribution in [0.5, 0.6) is 11.5 Å². The number of hydrogen-bond acceptors (Lipinski definition) is 4. The highest BCUT2D eigenvalue weighted by molar-refractivity contribution is 5.79. The van der Waals surface area contributed by atoms with E-state index in [1.807, 2.05) is 57.2 Å². The number of carbonyl (C=O) groups excluding carboxylic acids is 2. The maximum atomic E-state index is 12.7.